The lowest BCUT2D eigenvalue weighted by Crippen LogP contribution is -2.31. The number of para-hydroxylation sites is 1. The largest absolute Gasteiger partial charge is 0.486 e. The molecule has 0 aliphatic carbocycles. The molecule has 9 heteroatoms. The highest BCUT2D eigenvalue weighted by Gasteiger charge is 2.14. The Bertz CT molecular complexity index is 872. The fourth-order valence-electron chi connectivity index (χ4n) is 2.51. The Morgan fingerprint density at radius 2 is 1.66 bits per heavy atom. The first-order chi connectivity index (χ1) is 14.1. The molecule has 1 aliphatic heterocycles. The van der Waals surface area contributed by atoms with Crippen molar-refractivity contribution in [3.63, 3.8) is 0 Å². The highest BCUT2D eigenvalue weighted by atomic mass is 16.6. The summed E-state index contributed by atoms with van der Waals surface area (Å²) in [5, 5.41) is 7.79. The van der Waals surface area contributed by atoms with E-state index in [1.54, 1.807) is 42.5 Å². The first-order valence-electron chi connectivity index (χ1n) is 9.05. The van der Waals surface area contributed by atoms with Crippen LogP contribution in [0.5, 0.6) is 11.5 Å². The number of amides is 3. The van der Waals surface area contributed by atoms with Crippen molar-refractivity contribution >= 4 is 29.3 Å². The van der Waals surface area contributed by atoms with E-state index in [0.29, 0.717) is 36.1 Å². The maximum atomic E-state index is 11.9. The Kier molecular flexibility index (Phi) is 6.88. The zero-order valence-corrected chi connectivity index (χ0v) is 15.6. The van der Waals surface area contributed by atoms with E-state index >= 15 is 0 Å². The van der Waals surface area contributed by atoms with Crippen LogP contribution in [0.3, 0.4) is 0 Å². The van der Waals surface area contributed by atoms with Gasteiger partial charge in [0.2, 0.25) is 0 Å². The molecule has 3 rings (SSSR count). The lowest BCUT2D eigenvalue weighted by molar-refractivity contribution is -0.147. The number of anilines is 2. The van der Waals surface area contributed by atoms with Gasteiger partial charge in [-0.15, -0.1) is 0 Å². The third kappa shape index (κ3) is 6.42. The van der Waals surface area contributed by atoms with Crippen molar-refractivity contribution < 1.29 is 28.6 Å². The van der Waals surface area contributed by atoms with Crippen LogP contribution in [0, 0.1) is 0 Å². The van der Waals surface area contributed by atoms with Gasteiger partial charge in [-0.25, -0.2) is 4.79 Å². The monoisotopic (exact) mass is 399 g/mol. The number of esters is 1. The van der Waals surface area contributed by atoms with Crippen LogP contribution >= 0.6 is 0 Å². The maximum absolute atomic E-state index is 11.9. The van der Waals surface area contributed by atoms with Crippen molar-refractivity contribution in [1.29, 1.82) is 0 Å². The van der Waals surface area contributed by atoms with Gasteiger partial charge in [0.15, 0.2) is 18.1 Å². The van der Waals surface area contributed by atoms with Gasteiger partial charge in [0.05, 0.1) is 6.42 Å². The number of carbonyl (C=O) groups excluding carboxylic acids is 3. The summed E-state index contributed by atoms with van der Waals surface area (Å²) in [4.78, 5) is 35.4. The molecule has 1 aliphatic rings. The molecule has 0 bridgehead atoms. The molecule has 3 amide bonds. The molecule has 1 heterocycles. The van der Waals surface area contributed by atoms with Crippen LogP contribution in [-0.2, 0) is 14.3 Å². The highest BCUT2D eigenvalue weighted by Crippen LogP contribution is 2.32. The summed E-state index contributed by atoms with van der Waals surface area (Å²) >= 11 is 0. The van der Waals surface area contributed by atoms with E-state index in [0.717, 1.165) is 0 Å². The number of rotatable bonds is 7. The normalized spacial score (nSPS) is 11.9. The van der Waals surface area contributed by atoms with Crippen molar-refractivity contribution in [3.8, 4) is 11.5 Å². The van der Waals surface area contributed by atoms with E-state index in [2.05, 4.69) is 16.0 Å². The minimum absolute atomic E-state index is 0.0560. The summed E-state index contributed by atoms with van der Waals surface area (Å²) in [5.74, 6) is 0.0857. The number of urea groups is 1. The molecule has 3 N–H and O–H groups in total. The van der Waals surface area contributed by atoms with Gasteiger partial charge < -0.3 is 30.2 Å². The number of hydrogen-bond donors (Lipinski definition) is 3. The van der Waals surface area contributed by atoms with Crippen molar-refractivity contribution in [1.82, 2.24) is 5.32 Å². The average molecular weight is 399 g/mol. The van der Waals surface area contributed by atoms with Gasteiger partial charge in [0.25, 0.3) is 5.91 Å². The van der Waals surface area contributed by atoms with Crippen molar-refractivity contribution in [2.75, 3.05) is 37.0 Å². The topological polar surface area (TPSA) is 115 Å². The predicted molar refractivity (Wildman–Crippen MR) is 105 cm³/mol. The van der Waals surface area contributed by atoms with Crippen LogP contribution in [0.4, 0.5) is 16.2 Å². The zero-order chi connectivity index (χ0) is 20.5. The number of nitrogens with one attached hydrogen (secondary N) is 3. The second kappa shape index (κ2) is 9.98. The molecular formula is C20H21N3O6. The number of benzene rings is 2. The smallest absolute Gasteiger partial charge is 0.319 e. The van der Waals surface area contributed by atoms with Gasteiger partial charge in [0, 0.05) is 24.0 Å². The Morgan fingerprint density at radius 1 is 0.897 bits per heavy atom. The van der Waals surface area contributed by atoms with Crippen molar-refractivity contribution in [3.05, 3.63) is 48.5 Å². The Hall–Kier alpha value is -3.75. The van der Waals surface area contributed by atoms with Gasteiger partial charge in [-0.05, 0) is 24.3 Å². The Balaban J connectivity index is 1.32. The van der Waals surface area contributed by atoms with Crippen LogP contribution in [0.2, 0.25) is 0 Å². The number of ether oxygens (including phenoxy) is 3. The summed E-state index contributed by atoms with van der Waals surface area (Å²) in [6, 6.07) is 13.5. The van der Waals surface area contributed by atoms with Crippen molar-refractivity contribution in [2.45, 2.75) is 6.42 Å². The molecule has 0 saturated carbocycles. The van der Waals surface area contributed by atoms with Crippen LogP contribution in [0.15, 0.2) is 48.5 Å². The van der Waals surface area contributed by atoms with Crippen LogP contribution in [-0.4, -0.2) is 44.3 Å². The van der Waals surface area contributed by atoms with E-state index < -0.39 is 24.5 Å². The lowest BCUT2D eigenvalue weighted by atomic mass is 10.2. The SMILES string of the molecule is O=C(COC(=O)CCNC(=O)Nc1ccccc1)Nc1ccc2c(c1)OCCO2. The fourth-order valence-corrected chi connectivity index (χ4v) is 2.51. The Morgan fingerprint density at radius 3 is 2.45 bits per heavy atom. The maximum Gasteiger partial charge on any atom is 0.319 e. The summed E-state index contributed by atoms with van der Waals surface area (Å²) < 4.78 is 15.8. The first kappa shape index (κ1) is 20.0. The standard InChI is InChI=1S/C20H21N3O6/c24-18(22-15-6-7-16-17(12-15)28-11-10-27-16)13-29-19(25)8-9-21-20(26)23-14-4-2-1-3-5-14/h1-7,12H,8-11,13H2,(H,22,24)(H2,21,23,26). The molecule has 0 spiro atoms. The predicted octanol–water partition coefficient (Wildman–Crippen LogP) is 2.15. The van der Waals surface area contributed by atoms with Crippen LogP contribution < -0.4 is 25.4 Å². The second-order valence-electron chi connectivity index (χ2n) is 6.06. The summed E-state index contributed by atoms with van der Waals surface area (Å²) in [7, 11) is 0. The first-order valence-corrected chi connectivity index (χ1v) is 9.05. The molecular weight excluding hydrogens is 378 g/mol. The molecule has 0 fully saturated rings. The Labute approximate surface area is 167 Å². The average Bonchev–Trinajstić information content (AvgIpc) is 2.73. The quantitative estimate of drug-likeness (QED) is 0.615. The summed E-state index contributed by atoms with van der Waals surface area (Å²) in [6.07, 6.45) is -0.0560. The third-order valence-corrected chi connectivity index (χ3v) is 3.84. The van der Waals surface area contributed by atoms with E-state index in [1.807, 2.05) is 6.07 Å². The lowest BCUT2D eigenvalue weighted by Gasteiger charge is -2.19. The summed E-state index contributed by atoms with van der Waals surface area (Å²) in [6.45, 7) is 0.585. The van der Waals surface area contributed by atoms with Gasteiger partial charge in [-0.1, -0.05) is 18.2 Å². The molecule has 29 heavy (non-hydrogen) atoms. The molecule has 2 aromatic rings. The molecule has 152 valence electrons. The van der Waals surface area contributed by atoms with Gasteiger partial charge in [0.1, 0.15) is 13.2 Å². The molecule has 0 radical (unpaired) electrons. The van der Waals surface area contributed by atoms with Gasteiger partial charge in [-0.3, -0.25) is 9.59 Å². The van der Waals surface area contributed by atoms with E-state index in [-0.39, 0.29) is 13.0 Å². The minimum Gasteiger partial charge on any atom is -0.486 e. The minimum atomic E-state index is -0.595. The van der Waals surface area contributed by atoms with Crippen LogP contribution in [0.25, 0.3) is 0 Å². The summed E-state index contributed by atoms with van der Waals surface area (Å²) in [5.41, 5.74) is 1.15. The van der Waals surface area contributed by atoms with E-state index in [4.69, 9.17) is 14.2 Å². The number of fused-ring (bicyclic) bond motifs is 1. The van der Waals surface area contributed by atoms with Gasteiger partial charge >= 0.3 is 12.0 Å². The fraction of sp³-hybridized carbons (Fsp3) is 0.250. The highest BCUT2D eigenvalue weighted by molar-refractivity contribution is 5.93. The van der Waals surface area contributed by atoms with E-state index in [1.165, 1.54) is 0 Å². The molecule has 2 aromatic carbocycles. The van der Waals surface area contributed by atoms with E-state index in [9.17, 15) is 14.4 Å². The number of hydrogen-bond acceptors (Lipinski definition) is 6. The number of carbonyl (C=O) groups is 3. The van der Waals surface area contributed by atoms with Crippen LogP contribution in [0.1, 0.15) is 6.42 Å². The molecule has 0 saturated heterocycles. The second-order valence-corrected chi connectivity index (χ2v) is 6.06. The van der Waals surface area contributed by atoms with Crippen molar-refractivity contribution in [2.24, 2.45) is 0 Å². The zero-order valence-electron chi connectivity index (χ0n) is 15.6. The molecule has 0 atom stereocenters. The van der Waals surface area contributed by atoms with Gasteiger partial charge in [-0.2, -0.15) is 0 Å². The molecule has 0 unspecified atom stereocenters. The molecule has 0 aromatic heterocycles. The molecule has 9 nitrogen and oxygen atoms in total. The third-order valence-electron chi connectivity index (χ3n) is 3.84.